The molecular formula is C25H43F3N4O2SSi. The minimum Gasteiger partial charge on any atom is -0.361 e. The summed E-state index contributed by atoms with van der Waals surface area (Å²) < 4.78 is 64.9. The van der Waals surface area contributed by atoms with Crippen LogP contribution in [0.15, 0.2) is 18.2 Å². The van der Waals surface area contributed by atoms with Gasteiger partial charge in [-0.3, -0.25) is 0 Å². The van der Waals surface area contributed by atoms with E-state index in [4.69, 9.17) is 15.5 Å². The van der Waals surface area contributed by atoms with Crippen molar-refractivity contribution in [1.82, 2.24) is 14.3 Å². The van der Waals surface area contributed by atoms with Gasteiger partial charge in [0.1, 0.15) is 12.6 Å². The third kappa shape index (κ3) is 8.11. The lowest BCUT2D eigenvalue weighted by Gasteiger charge is -2.33. The quantitative estimate of drug-likeness (QED) is 0.250. The molecule has 2 aromatic rings. The van der Waals surface area contributed by atoms with Crippen molar-refractivity contribution in [2.24, 2.45) is 11.1 Å². The van der Waals surface area contributed by atoms with Crippen molar-refractivity contribution in [3.05, 3.63) is 29.6 Å². The Labute approximate surface area is 217 Å². The van der Waals surface area contributed by atoms with Gasteiger partial charge >= 0.3 is 6.18 Å². The Hall–Kier alpha value is -1.27. The minimum atomic E-state index is -4.44. The Balaban J connectivity index is 2.60. The molecule has 0 unspecified atom stereocenters. The predicted molar refractivity (Wildman–Crippen MR) is 145 cm³/mol. The lowest BCUT2D eigenvalue weighted by Crippen LogP contribution is -2.41. The van der Waals surface area contributed by atoms with Gasteiger partial charge in [0.25, 0.3) is 0 Å². The van der Waals surface area contributed by atoms with Crippen LogP contribution in [0.25, 0.3) is 11.0 Å². The SMILES string of the molecule is C[C@@H](N)c1ccc2c(c1)nc([C@@H](CC(C)(C)C(F)(F)F)N[S@@](=O)C(C)(C)C)n2COCC[Si](C)(C)C. The van der Waals surface area contributed by atoms with E-state index in [0.717, 1.165) is 31.0 Å². The maximum Gasteiger partial charge on any atom is 0.394 e. The second-order valence-corrected chi connectivity index (χ2v) is 20.0. The Morgan fingerprint density at radius 2 is 1.78 bits per heavy atom. The van der Waals surface area contributed by atoms with E-state index in [2.05, 4.69) is 24.4 Å². The van der Waals surface area contributed by atoms with Gasteiger partial charge in [-0.2, -0.15) is 13.2 Å². The standard InChI is InChI=1S/C25H43F3N4O2SSi/c1-17(29)18-10-11-21-19(14-18)30-22(32(21)16-34-12-13-36(7,8)9)20(31-35(33)23(2,3)4)15-24(5,6)25(26,27)28/h10-11,14,17,20,31H,12-13,15-16,29H2,1-9H3/t17-,20-,35+/m1/s1. The number of hydrogen-bond donors (Lipinski definition) is 2. The number of nitrogens with two attached hydrogens (primary N) is 1. The molecule has 0 radical (unpaired) electrons. The summed E-state index contributed by atoms with van der Waals surface area (Å²) in [5.74, 6) is 0.370. The molecule has 1 heterocycles. The zero-order chi connectivity index (χ0) is 27.7. The molecule has 36 heavy (non-hydrogen) atoms. The molecular weight excluding hydrogens is 505 g/mol. The van der Waals surface area contributed by atoms with Crippen molar-refractivity contribution >= 4 is 30.1 Å². The third-order valence-electron chi connectivity index (χ3n) is 6.14. The largest absolute Gasteiger partial charge is 0.394 e. The van der Waals surface area contributed by atoms with Gasteiger partial charge in [-0.05, 0) is 57.9 Å². The number of rotatable bonds is 11. The molecule has 0 bridgehead atoms. The zero-order valence-corrected chi connectivity index (χ0v) is 24.9. The van der Waals surface area contributed by atoms with Gasteiger partial charge in [0, 0.05) is 20.7 Å². The van der Waals surface area contributed by atoms with Crippen LogP contribution in [0.1, 0.15) is 71.4 Å². The average Bonchev–Trinajstić information content (AvgIpc) is 3.05. The van der Waals surface area contributed by atoms with E-state index >= 15 is 0 Å². The number of ether oxygens (including phenoxy) is 1. The fourth-order valence-corrected chi connectivity index (χ4v) is 5.06. The van der Waals surface area contributed by atoms with Crippen LogP contribution in [0.5, 0.6) is 0 Å². The van der Waals surface area contributed by atoms with Crippen molar-refractivity contribution in [3.8, 4) is 0 Å². The fourth-order valence-electron chi connectivity index (χ4n) is 3.50. The van der Waals surface area contributed by atoms with Crippen LogP contribution >= 0.6 is 0 Å². The Morgan fingerprint density at radius 3 is 2.28 bits per heavy atom. The molecule has 0 aliphatic carbocycles. The van der Waals surface area contributed by atoms with Crippen molar-refractivity contribution in [3.63, 3.8) is 0 Å². The van der Waals surface area contributed by atoms with E-state index in [9.17, 15) is 17.4 Å². The first kappa shape index (κ1) is 30.9. The minimum absolute atomic E-state index is 0.140. The topological polar surface area (TPSA) is 82.2 Å². The maximum atomic E-state index is 13.9. The molecule has 0 saturated heterocycles. The lowest BCUT2D eigenvalue weighted by atomic mass is 9.85. The summed E-state index contributed by atoms with van der Waals surface area (Å²) in [4.78, 5) is 4.76. The number of nitrogens with zero attached hydrogens (tertiary/aromatic N) is 2. The van der Waals surface area contributed by atoms with Gasteiger partial charge in [0.2, 0.25) is 0 Å². The van der Waals surface area contributed by atoms with E-state index in [1.54, 1.807) is 25.3 Å². The summed E-state index contributed by atoms with van der Waals surface area (Å²) in [7, 11) is -2.94. The van der Waals surface area contributed by atoms with Gasteiger partial charge in [0.15, 0.2) is 0 Å². The number of benzene rings is 1. The molecule has 0 saturated carbocycles. The summed E-state index contributed by atoms with van der Waals surface area (Å²) in [5, 5.41) is 0. The number of fused-ring (bicyclic) bond motifs is 1. The first-order chi connectivity index (χ1) is 16.2. The maximum absolute atomic E-state index is 13.9. The average molecular weight is 549 g/mol. The highest BCUT2D eigenvalue weighted by Crippen LogP contribution is 2.44. The van der Waals surface area contributed by atoms with Crippen LogP contribution in [0, 0.1) is 5.41 Å². The van der Waals surface area contributed by atoms with Crippen LogP contribution in [0.3, 0.4) is 0 Å². The molecule has 2 rings (SSSR count). The molecule has 3 N–H and O–H groups in total. The van der Waals surface area contributed by atoms with Crippen molar-refractivity contribution in [1.29, 1.82) is 0 Å². The number of aromatic nitrogens is 2. The zero-order valence-electron chi connectivity index (χ0n) is 23.0. The molecule has 0 spiro atoms. The summed E-state index contributed by atoms with van der Waals surface area (Å²) in [6.45, 7) is 17.0. The predicted octanol–water partition coefficient (Wildman–Crippen LogP) is 6.44. The van der Waals surface area contributed by atoms with Crippen molar-refractivity contribution in [2.75, 3.05) is 6.61 Å². The molecule has 0 aliphatic heterocycles. The Morgan fingerprint density at radius 1 is 1.17 bits per heavy atom. The number of hydrogen-bond acceptors (Lipinski definition) is 4. The van der Waals surface area contributed by atoms with E-state index < -0.39 is 41.4 Å². The summed E-state index contributed by atoms with van der Waals surface area (Å²) in [6, 6.07) is 5.44. The third-order valence-corrected chi connectivity index (χ3v) is 9.46. The molecule has 0 fully saturated rings. The van der Waals surface area contributed by atoms with E-state index in [-0.39, 0.29) is 19.2 Å². The molecule has 11 heteroatoms. The van der Waals surface area contributed by atoms with Crippen molar-refractivity contribution < 1.29 is 22.1 Å². The van der Waals surface area contributed by atoms with E-state index in [0.29, 0.717) is 17.9 Å². The molecule has 3 atom stereocenters. The summed E-state index contributed by atoms with van der Waals surface area (Å²) in [6.07, 6.45) is -4.78. The number of imidazole rings is 1. The summed E-state index contributed by atoms with van der Waals surface area (Å²) in [5.41, 5.74) is 6.25. The molecule has 1 aromatic carbocycles. The second kappa shape index (κ2) is 11.2. The number of halogens is 3. The van der Waals surface area contributed by atoms with Crippen LogP contribution in [-0.2, 0) is 22.5 Å². The first-order valence-corrected chi connectivity index (χ1v) is 17.2. The second-order valence-electron chi connectivity index (χ2n) is 12.4. The molecule has 0 aliphatic rings. The highest BCUT2D eigenvalue weighted by Gasteiger charge is 2.49. The fraction of sp³-hybridized carbons (Fsp3) is 0.720. The highest BCUT2D eigenvalue weighted by atomic mass is 32.2. The highest BCUT2D eigenvalue weighted by molar-refractivity contribution is 7.84. The van der Waals surface area contributed by atoms with E-state index in [1.165, 1.54) is 0 Å². The molecule has 0 amide bonds. The first-order valence-electron chi connectivity index (χ1n) is 12.3. The van der Waals surface area contributed by atoms with Crippen molar-refractivity contribution in [2.45, 2.75) is 103 Å². The van der Waals surface area contributed by atoms with Crippen LogP contribution in [0.4, 0.5) is 13.2 Å². The monoisotopic (exact) mass is 548 g/mol. The van der Waals surface area contributed by atoms with Gasteiger partial charge in [-0.25, -0.2) is 13.9 Å². The number of nitrogens with one attached hydrogen (secondary N) is 1. The van der Waals surface area contributed by atoms with Gasteiger partial charge in [0.05, 0.1) is 38.2 Å². The summed E-state index contributed by atoms with van der Waals surface area (Å²) >= 11 is 0. The molecule has 1 aromatic heterocycles. The van der Waals surface area contributed by atoms with E-state index in [1.807, 2.05) is 25.1 Å². The molecule has 206 valence electrons. The normalized spacial score (nSPS) is 16.4. The van der Waals surface area contributed by atoms with Gasteiger partial charge in [-0.15, -0.1) is 0 Å². The van der Waals surface area contributed by atoms with Gasteiger partial charge < -0.3 is 15.0 Å². The molecule has 6 nitrogen and oxygen atoms in total. The smallest absolute Gasteiger partial charge is 0.361 e. The van der Waals surface area contributed by atoms with Crippen LogP contribution < -0.4 is 10.5 Å². The lowest BCUT2D eigenvalue weighted by molar-refractivity contribution is -0.215. The van der Waals surface area contributed by atoms with Gasteiger partial charge in [-0.1, -0.05) is 39.6 Å². The Bertz CT molecular complexity index is 1060. The van der Waals surface area contributed by atoms with Crippen LogP contribution in [0.2, 0.25) is 25.7 Å². The van der Waals surface area contributed by atoms with Crippen LogP contribution in [-0.4, -0.2) is 39.4 Å². The Kier molecular flexibility index (Phi) is 9.65. The number of alkyl halides is 3.